The average Bonchev–Trinajstić information content (AvgIpc) is 3.36. The van der Waals surface area contributed by atoms with E-state index in [2.05, 4.69) is 23.9 Å². The van der Waals surface area contributed by atoms with E-state index in [0.717, 1.165) is 32.4 Å². The van der Waals surface area contributed by atoms with Crippen molar-refractivity contribution in [3.63, 3.8) is 0 Å². The number of sulfonamides is 1. The van der Waals surface area contributed by atoms with E-state index in [9.17, 15) is 13.2 Å². The van der Waals surface area contributed by atoms with Gasteiger partial charge in [0.2, 0.25) is 15.9 Å². The standard InChI is InChI=1S/C27H46N4O5S/c1-20-15-25(35-7)16-21(2)27(20)37(33,34)29(5)13-14-36-19-26(32)30(6)22-9-8-10-23(17-22)31-12-11-24(18-31)28(3)4/h15-16,22-24H,8-14,17-19H2,1-7H3/t22-,23+,24-/m0/s1. The van der Waals surface area contributed by atoms with E-state index in [1.54, 1.807) is 33.1 Å². The smallest absolute Gasteiger partial charge is 0.248 e. The Labute approximate surface area is 223 Å². The Morgan fingerprint density at radius 3 is 2.32 bits per heavy atom. The van der Waals surface area contributed by atoms with Gasteiger partial charge in [0.25, 0.3) is 0 Å². The molecule has 0 unspecified atom stereocenters. The molecule has 1 aliphatic heterocycles. The molecule has 3 rings (SSSR count). The molecule has 2 aliphatic rings. The summed E-state index contributed by atoms with van der Waals surface area (Å²) in [5.74, 6) is 0.579. The molecular weight excluding hydrogens is 492 g/mol. The zero-order valence-corrected chi connectivity index (χ0v) is 24.5. The Balaban J connectivity index is 1.46. The van der Waals surface area contributed by atoms with Gasteiger partial charge in [-0.25, -0.2) is 8.42 Å². The number of likely N-dealkylation sites (tertiary alicyclic amines) is 1. The highest BCUT2D eigenvalue weighted by atomic mass is 32.2. The SMILES string of the molecule is COc1cc(C)c(S(=O)(=O)N(C)CCOCC(=O)N(C)[C@H]2CCC[C@@H](N3CC[C@H](N(C)C)C3)C2)c(C)c1. The summed E-state index contributed by atoms with van der Waals surface area (Å²) in [6.07, 6.45) is 5.56. The van der Waals surface area contributed by atoms with Gasteiger partial charge in [0.15, 0.2) is 0 Å². The van der Waals surface area contributed by atoms with Crippen LogP contribution in [0.4, 0.5) is 0 Å². The summed E-state index contributed by atoms with van der Waals surface area (Å²) in [5.41, 5.74) is 1.27. The van der Waals surface area contributed by atoms with Crippen LogP contribution in [0.1, 0.15) is 43.2 Å². The van der Waals surface area contributed by atoms with Crippen LogP contribution < -0.4 is 4.74 Å². The summed E-state index contributed by atoms with van der Waals surface area (Å²) in [4.78, 5) is 19.9. The fraction of sp³-hybridized carbons (Fsp3) is 0.741. The number of ether oxygens (including phenoxy) is 2. The van der Waals surface area contributed by atoms with Crippen molar-refractivity contribution in [1.29, 1.82) is 0 Å². The molecule has 0 bridgehead atoms. The molecule has 1 aromatic carbocycles. The zero-order valence-electron chi connectivity index (χ0n) is 23.7. The molecule has 9 nitrogen and oxygen atoms in total. The number of aryl methyl sites for hydroxylation is 2. The first-order valence-electron chi connectivity index (χ1n) is 13.3. The van der Waals surface area contributed by atoms with Crippen molar-refractivity contribution in [1.82, 2.24) is 19.0 Å². The Morgan fingerprint density at radius 1 is 1.05 bits per heavy atom. The van der Waals surface area contributed by atoms with E-state index in [0.29, 0.717) is 29.0 Å². The molecule has 1 saturated heterocycles. The number of likely N-dealkylation sites (N-methyl/N-ethyl adjacent to an activating group) is 3. The minimum atomic E-state index is -3.69. The first kappa shape index (κ1) is 29.8. The number of carbonyl (C=O) groups excluding carboxylic acids is 1. The quantitative estimate of drug-likeness (QED) is 0.400. The molecular formula is C27H46N4O5S. The van der Waals surface area contributed by atoms with Gasteiger partial charge < -0.3 is 19.3 Å². The van der Waals surface area contributed by atoms with Crippen LogP contribution in [0.5, 0.6) is 5.75 Å². The lowest BCUT2D eigenvalue weighted by molar-refractivity contribution is -0.137. The first-order valence-corrected chi connectivity index (χ1v) is 14.7. The van der Waals surface area contributed by atoms with Gasteiger partial charge in [-0.3, -0.25) is 9.69 Å². The molecule has 1 heterocycles. The molecule has 0 radical (unpaired) electrons. The van der Waals surface area contributed by atoms with Gasteiger partial charge in [-0.2, -0.15) is 4.31 Å². The maximum absolute atomic E-state index is 13.2. The minimum Gasteiger partial charge on any atom is -0.497 e. The van der Waals surface area contributed by atoms with Crippen molar-refractivity contribution < 1.29 is 22.7 Å². The summed E-state index contributed by atoms with van der Waals surface area (Å²) in [6, 6.07) is 4.81. The highest BCUT2D eigenvalue weighted by Gasteiger charge is 2.34. The van der Waals surface area contributed by atoms with Crippen molar-refractivity contribution >= 4 is 15.9 Å². The maximum Gasteiger partial charge on any atom is 0.248 e. The fourth-order valence-electron chi connectivity index (χ4n) is 5.71. The molecule has 1 saturated carbocycles. The third-order valence-electron chi connectivity index (χ3n) is 8.12. The predicted molar refractivity (Wildman–Crippen MR) is 146 cm³/mol. The number of methoxy groups -OCH3 is 1. The van der Waals surface area contributed by atoms with Gasteiger partial charge >= 0.3 is 0 Å². The Hall–Kier alpha value is -1.72. The van der Waals surface area contributed by atoms with Gasteiger partial charge in [-0.1, -0.05) is 0 Å². The number of amides is 1. The summed E-state index contributed by atoms with van der Waals surface area (Å²) in [6.45, 7) is 6.04. The molecule has 0 aromatic heterocycles. The molecule has 3 atom stereocenters. The number of carbonyl (C=O) groups is 1. The maximum atomic E-state index is 13.2. The van der Waals surface area contributed by atoms with Crippen molar-refractivity contribution in [2.45, 2.75) is 69.0 Å². The van der Waals surface area contributed by atoms with Crippen LogP contribution in [0, 0.1) is 13.8 Å². The van der Waals surface area contributed by atoms with Crippen LogP contribution in [-0.4, -0.2) is 120 Å². The minimum absolute atomic E-state index is 0.0431. The van der Waals surface area contributed by atoms with Gasteiger partial charge in [0, 0.05) is 51.9 Å². The normalized spacial score (nSPS) is 23.1. The van der Waals surface area contributed by atoms with E-state index in [1.165, 1.54) is 24.2 Å². The zero-order chi connectivity index (χ0) is 27.3. The molecule has 1 aliphatic carbocycles. The second-order valence-electron chi connectivity index (χ2n) is 10.8. The van der Waals surface area contributed by atoms with Crippen LogP contribution in [0.15, 0.2) is 17.0 Å². The highest BCUT2D eigenvalue weighted by Crippen LogP contribution is 2.30. The molecule has 1 amide bonds. The number of hydrogen-bond donors (Lipinski definition) is 0. The van der Waals surface area contributed by atoms with Crippen LogP contribution in [0.3, 0.4) is 0 Å². The van der Waals surface area contributed by atoms with Crippen molar-refractivity contribution in [2.24, 2.45) is 0 Å². The van der Waals surface area contributed by atoms with E-state index in [1.807, 2.05) is 11.9 Å². The lowest BCUT2D eigenvalue weighted by Crippen LogP contribution is -2.47. The molecule has 37 heavy (non-hydrogen) atoms. The van der Waals surface area contributed by atoms with E-state index in [-0.39, 0.29) is 36.6 Å². The fourth-order valence-corrected chi connectivity index (χ4v) is 7.27. The van der Waals surface area contributed by atoms with Crippen molar-refractivity contribution in [2.75, 3.05) is 68.1 Å². The number of benzene rings is 1. The van der Waals surface area contributed by atoms with Crippen molar-refractivity contribution in [3.05, 3.63) is 23.3 Å². The monoisotopic (exact) mass is 538 g/mol. The van der Waals surface area contributed by atoms with Crippen LogP contribution in [-0.2, 0) is 19.6 Å². The summed E-state index contributed by atoms with van der Waals surface area (Å²) < 4.78 is 38.5. The second kappa shape index (κ2) is 12.9. The van der Waals surface area contributed by atoms with Gasteiger partial charge in [-0.05, 0) is 83.3 Å². The third-order valence-corrected chi connectivity index (χ3v) is 10.3. The van der Waals surface area contributed by atoms with Gasteiger partial charge in [0.1, 0.15) is 12.4 Å². The number of nitrogens with zero attached hydrogens (tertiary/aromatic N) is 4. The molecule has 210 valence electrons. The molecule has 0 N–H and O–H groups in total. The third kappa shape index (κ3) is 7.23. The van der Waals surface area contributed by atoms with Crippen LogP contribution >= 0.6 is 0 Å². The predicted octanol–water partition coefficient (Wildman–Crippen LogP) is 2.35. The van der Waals surface area contributed by atoms with E-state index >= 15 is 0 Å². The van der Waals surface area contributed by atoms with Crippen molar-refractivity contribution in [3.8, 4) is 5.75 Å². The summed E-state index contributed by atoms with van der Waals surface area (Å²) in [5, 5.41) is 0. The molecule has 0 spiro atoms. The molecule has 1 aromatic rings. The lowest BCUT2D eigenvalue weighted by Gasteiger charge is -2.39. The van der Waals surface area contributed by atoms with Gasteiger partial charge in [-0.15, -0.1) is 0 Å². The number of hydrogen-bond acceptors (Lipinski definition) is 7. The van der Waals surface area contributed by atoms with E-state index in [4.69, 9.17) is 9.47 Å². The van der Waals surface area contributed by atoms with Crippen LogP contribution in [0.25, 0.3) is 0 Å². The Morgan fingerprint density at radius 2 is 1.73 bits per heavy atom. The summed E-state index contributed by atoms with van der Waals surface area (Å²) in [7, 11) is 5.59. The lowest BCUT2D eigenvalue weighted by atomic mass is 9.89. The average molecular weight is 539 g/mol. The Kier molecular flexibility index (Phi) is 10.4. The molecule has 2 fully saturated rings. The Bertz CT molecular complexity index is 1010. The first-order chi connectivity index (χ1) is 17.4. The highest BCUT2D eigenvalue weighted by molar-refractivity contribution is 7.89. The molecule has 10 heteroatoms. The number of rotatable bonds is 11. The van der Waals surface area contributed by atoms with Crippen LogP contribution in [0.2, 0.25) is 0 Å². The van der Waals surface area contributed by atoms with E-state index < -0.39 is 10.0 Å². The largest absolute Gasteiger partial charge is 0.497 e. The summed E-state index contributed by atoms with van der Waals surface area (Å²) >= 11 is 0. The second-order valence-corrected chi connectivity index (χ2v) is 12.8. The topological polar surface area (TPSA) is 82.6 Å². The van der Waals surface area contributed by atoms with Gasteiger partial charge in [0.05, 0.1) is 18.6 Å².